The highest BCUT2D eigenvalue weighted by molar-refractivity contribution is 6.30. The van der Waals surface area contributed by atoms with Crippen LogP contribution < -0.4 is 11.1 Å². The van der Waals surface area contributed by atoms with Crippen molar-refractivity contribution in [2.45, 2.75) is 25.3 Å². The Morgan fingerprint density at radius 3 is 2.81 bits per heavy atom. The van der Waals surface area contributed by atoms with Crippen LogP contribution in [0.2, 0.25) is 5.02 Å². The molecule has 1 aliphatic rings. The number of hydrogen-bond donors (Lipinski definition) is 2. The van der Waals surface area contributed by atoms with E-state index in [4.69, 9.17) is 17.3 Å². The van der Waals surface area contributed by atoms with Crippen LogP contribution in [0.5, 0.6) is 0 Å². The molecule has 2 aromatic rings. The van der Waals surface area contributed by atoms with E-state index in [1.807, 2.05) is 36.4 Å². The van der Waals surface area contributed by atoms with Gasteiger partial charge in [0.25, 0.3) is 0 Å². The minimum absolute atomic E-state index is 0.215. The van der Waals surface area contributed by atoms with Crippen molar-refractivity contribution in [1.82, 2.24) is 15.2 Å². The van der Waals surface area contributed by atoms with Gasteiger partial charge in [-0.25, -0.2) is 0 Å². The Morgan fingerprint density at radius 1 is 1.23 bits per heavy atom. The molecule has 1 atom stereocenters. The van der Waals surface area contributed by atoms with Crippen LogP contribution in [0, 0.1) is 0 Å². The van der Waals surface area contributed by atoms with Gasteiger partial charge in [0.2, 0.25) is 0 Å². The van der Waals surface area contributed by atoms with E-state index in [1.54, 1.807) is 6.20 Å². The summed E-state index contributed by atoms with van der Waals surface area (Å²) < 4.78 is 0. The highest BCUT2D eigenvalue weighted by Gasteiger charge is 2.23. The molecule has 1 aromatic heterocycles. The maximum Gasteiger partial charge on any atom is 0.188 e. The molecular formula is C20H26ClN5. The molecule has 0 aliphatic carbocycles. The standard InChI is InChI=1S/C20H26ClN5/c21-17-7-5-6-16(14-17)19(26-12-3-4-13-26)15-25-20(22)24-11-9-18-8-1-2-10-23-18/h1-2,5-8,10,14,19H,3-4,9,11-13,15H2,(H3,22,24,25). The van der Waals surface area contributed by atoms with E-state index < -0.39 is 0 Å². The predicted octanol–water partition coefficient (Wildman–Crippen LogP) is 3.02. The van der Waals surface area contributed by atoms with E-state index >= 15 is 0 Å². The van der Waals surface area contributed by atoms with Crippen molar-refractivity contribution < 1.29 is 0 Å². The number of nitrogens with two attached hydrogens (primary N) is 1. The smallest absolute Gasteiger partial charge is 0.188 e. The number of guanidine groups is 1. The first-order valence-electron chi connectivity index (χ1n) is 9.15. The lowest BCUT2D eigenvalue weighted by molar-refractivity contribution is 0.252. The number of nitrogens with one attached hydrogen (secondary N) is 1. The van der Waals surface area contributed by atoms with E-state index in [-0.39, 0.29) is 6.04 Å². The number of halogens is 1. The number of nitrogens with zero attached hydrogens (tertiary/aromatic N) is 3. The van der Waals surface area contributed by atoms with Crippen molar-refractivity contribution in [2.24, 2.45) is 10.7 Å². The van der Waals surface area contributed by atoms with Gasteiger partial charge in [0.1, 0.15) is 0 Å². The Balaban J connectivity index is 1.58. The van der Waals surface area contributed by atoms with Gasteiger partial charge in [-0.1, -0.05) is 29.8 Å². The highest BCUT2D eigenvalue weighted by atomic mass is 35.5. The number of rotatable bonds is 7. The van der Waals surface area contributed by atoms with Crippen LogP contribution in [0.4, 0.5) is 0 Å². The van der Waals surface area contributed by atoms with Crippen LogP contribution in [0.3, 0.4) is 0 Å². The molecule has 5 nitrogen and oxygen atoms in total. The fraction of sp³-hybridized carbons (Fsp3) is 0.400. The molecule has 6 heteroatoms. The van der Waals surface area contributed by atoms with Gasteiger partial charge in [0.05, 0.1) is 12.6 Å². The van der Waals surface area contributed by atoms with Crippen molar-refractivity contribution in [3.05, 3.63) is 64.9 Å². The largest absolute Gasteiger partial charge is 0.370 e. The molecule has 3 N–H and O–H groups in total. The summed E-state index contributed by atoms with van der Waals surface area (Å²) in [4.78, 5) is 11.4. The first kappa shape index (κ1) is 18.7. The number of likely N-dealkylation sites (tertiary alicyclic amines) is 1. The minimum atomic E-state index is 0.215. The quantitative estimate of drug-likeness (QED) is 0.580. The molecule has 0 bridgehead atoms. The molecule has 0 radical (unpaired) electrons. The van der Waals surface area contributed by atoms with Crippen molar-refractivity contribution in [1.29, 1.82) is 0 Å². The second kappa shape index (κ2) is 9.55. The lowest BCUT2D eigenvalue weighted by Crippen LogP contribution is -2.35. The van der Waals surface area contributed by atoms with Gasteiger partial charge in [-0.15, -0.1) is 0 Å². The summed E-state index contributed by atoms with van der Waals surface area (Å²) in [6, 6.07) is 14.2. The first-order chi connectivity index (χ1) is 12.7. The molecule has 1 saturated heterocycles. The van der Waals surface area contributed by atoms with Crippen molar-refractivity contribution in [2.75, 3.05) is 26.2 Å². The van der Waals surface area contributed by atoms with Crippen LogP contribution in [-0.2, 0) is 6.42 Å². The summed E-state index contributed by atoms with van der Waals surface area (Å²) in [5, 5.41) is 3.94. The number of benzene rings is 1. The van der Waals surface area contributed by atoms with E-state index in [0.29, 0.717) is 12.5 Å². The second-order valence-electron chi connectivity index (χ2n) is 6.54. The predicted molar refractivity (Wildman–Crippen MR) is 107 cm³/mol. The Kier molecular flexibility index (Phi) is 6.86. The molecule has 26 heavy (non-hydrogen) atoms. The van der Waals surface area contributed by atoms with Crippen LogP contribution >= 0.6 is 11.6 Å². The molecule has 1 unspecified atom stereocenters. The van der Waals surface area contributed by atoms with Gasteiger partial charge in [-0.05, 0) is 55.8 Å². The van der Waals surface area contributed by atoms with Gasteiger partial charge < -0.3 is 11.1 Å². The van der Waals surface area contributed by atoms with E-state index in [2.05, 4.69) is 26.3 Å². The lowest BCUT2D eigenvalue weighted by atomic mass is 10.1. The van der Waals surface area contributed by atoms with Crippen LogP contribution in [0.1, 0.15) is 30.1 Å². The van der Waals surface area contributed by atoms with Gasteiger partial charge in [-0.3, -0.25) is 14.9 Å². The number of aliphatic imine (C=N–C) groups is 1. The Morgan fingerprint density at radius 2 is 2.08 bits per heavy atom. The van der Waals surface area contributed by atoms with Crippen LogP contribution in [0.15, 0.2) is 53.7 Å². The van der Waals surface area contributed by atoms with E-state index in [1.165, 1.54) is 18.4 Å². The number of hydrogen-bond acceptors (Lipinski definition) is 3. The summed E-state index contributed by atoms with van der Waals surface area (Å²) in [6.07, 6.45) is 5.09. The third-order valence-corrected chi connectivity index (χ3v) is 4.90. The number of pyridine rings is 1. The maximum absolute atomic E-state index is 6.19. The maximum atomic E-state index is 6.19. The first-order valence-corrected chi connectivity index (χ1v) is 9.53. The summed E-state index contributed by atoms with van der Waals surface area (Å²) in [5.41, 5.74) is 8.31. The Hall–Kier alpha value is -2.11. The van der Waals surface area contributed by atoms with Crippen molar-refractivity contribution in [3.63, 3.8) is 0 Å². The summed E-state index contributed by atoms with van der Waals surface area (Å²) in [6.45, 7) is 3.54. The average Bonchev–Trinajstić information content (AvgIpc) is 3.17. The lowest BCUT2D eigenvalue weighted by Gasteiger charge is -2.26. The minimum Gasteiger partial charge on any atom is -0.370 e. The summed E-state index contributed by atoms with van der Waals surface area (Å²) in [7, 11) is 0. The molecule has 0 spiro atoms. The van der Waals surface area contributed by atoms with Crippen LogP contribution in [0.25, 0.3) is 0 Å². The van der Waals surface area contributed by atoms with Gasteiger partial charge in [-0.2, -0.15) is 0 Å². The molecule has 1 fully saturated rings. The Labute approximate surface area is 160 Å². The third kappa shape index (κ3) is 5.44. The van der Waals surface area contributed by atoms with Crippen molar-refractivity contribution in [3.8, 4) is 0 Å². The summed E-state index contributed by atoms with van der Waals surface area (Å²) >= 11 is 6.19. The zero-order chi connectivity index (χ0) is 18.2. The molecule has 1 aromatic carbocycles. The Bertz CT molecular complexity index is 713. The van der Waals surface area contributed by atoms with Gasteiger partial charge >= 0.3 is 0 Å². The molecule has 0 amide bonds. The van der Waals surface area contributed by atoms with E-state index in [9.17, 15) is 0 Å². The third-order valence-electron chi connectivity index (χ3n) is 4.66. The van der Waals surface area contributed by atoms with E-state index in [0.717, 1.165) is 36.8 Å². The average molecular weight is 372 g/mol. The van der Waals surface area contributed by atoms with Gasteiger partial charge in [0.15, 0.2) is 5.96 Å². The molecule has 138 valence electrons. The fourth-order valence-electron chi connectivity index (χ4n) is 3.30. The molecule has 1 aliphatic heterocycles. The normalized spacial score (nSPS) is 16.6. The highest BCUT2D eigenvalue weighted by Crippen LogP contribution is 2.27. The summed E-state index contributed by atoms with van der Waals surface area (Å²) in [5.74, 6) is 0.479. The van der Waals surface area contributed by atoms with Gasteiger partial charge in [0, 0.05) is 29.9 Å². The molecule has 0 saturated carbocycles. The SMILES string of the molecule is NC(=NCC(c1cccc(Cl)c1)N1CCCC1)NCCc1ccccn1. The number of aromatic nitrogens is 1. The second-order valence-corrected chi connectivity index (χ2v) is 6.97. The zero-order valence-corrected chi connectivity index (χ0v) is 15.7. The monoisotopic (exact) mass is 371 g/mol. The van der Waals surface area contributed by atoms with Crippen molar-refractivity contribution >= 4 is 17.6 Å². The van der Waals surface area contributed by atoms with Crippen LogP contribution in [-0.4, -0.2) is 42.0 Å². The molecule has 3 rings (SSSR count). The molecular weight excluding hydrogens is 346 g/mol. The molecule has 2 heterocycles. The zero-order valence-electron chi connectivity index (χ0n) is 14.9. The fourth-order valence-corrected chi connectivity index (χ4v) is 3.50. The topological polar surface area (TPSA) is 66.5 Å².